The van der Waals surface area contributed by atoms with Crippen molar-refractivity contribution in [1.82, 2.24) is 19.6 Å². The number of nitrogens with one attached hydrogen (secondary N) is 1. The Balaban J connectivity index is 1.68. The summed E-state index contributed by atoms with van der Waals surface area (Å²) in [6.07, 6.45) is -4.73. The van der Waals surface area contributed by atoms with Gasteiger partial charge in [0.1, 0.15) is 5.75 Å². The van der Waals surface area contributed by atoms with Gasteiger partial charge in [-0.15, -0.1) is 0 Å². The molecule has 0 atom stereocenters. The first-order valence-corrected chi connectivity index (χ1v) is 10.2. The number of nitrogens with zero attached hydrogens (tertiary/aromatic N) is 4. The van der Waals surface area contributed by atoms with Crippen LogP contribution in [0.5, 0.6) is 5.75 Å². The second-order valence-electron chi connectivity index (χ2n) is 7.32. The molecular weight excluding hydrogens is 447 g/mol. The van der Waals surface area contributed by atoms with E-state index in [4.69, 9.17) is 16.3 Å². The number of carbonyl (C=O) groups is 1. The fourth-order valence-electron chi connectivity index (χ4n) is 3.31. The zero-order chi connectivity index (χ0) is 23.6. The summed E-state index contributed by atoms with van der Waals surface area (Å²) in [5, 5.41) is 10.4. The first-order valence-electron chi connectivity index (χ1n) is 9.78. The molecule has 172 valence electrons. The van der Waals surface area contributed by atoms with Crippen LogP contribution in [0.1, 0.15) is 34.8 Å². The normalized spacial score (nSPS) is 11.6. The SMILES string of the molecule is COc1cccc(Cn2nc(C)c(NC(=O)CCn3nc(C(F)(F)F)c(Cl)c3C)c2C)c1. The highest BCUT2D eigenvalue weighted by atomic mass is 35.5. The lowest BCUT2D eigenvalue weighted by Gasteiger charge is -2.09. The summed E-state index contributed by atoms with van der Waals surface area (Å²) in [7, 11) is 1.60. The summed E-state index contributed by atoms with van der Waals surface area (Å²) in [6, 6.07) is 7.59. The largest absolute Gasteiger partial charge is 0.497 e. The maximum atomic E-state index is 13.0. The lowest BCUT2D eigenvalue weighted by atomic mass is 10.2. The molecule has 1 amide bonds. The number of methoxy groups -OCH3 is 1. The molecule has 11 heteroatoms. The van der Waals surface area contributed by atoms with Crippen molar-refractivity contribution in [3.8, 4) is 5.75 Å². The predicted molar refractivity (Wildman–Crippen MR) is 114 cm³/mol. The van der Waals surface area contributed by atoms with Gasteiger partial charge in [0.25, 0.3) is 0 Å². The van der Waals surface area contributed by atoms with E-state index in [1.54, 1.807) is 18.7 Å². The van der Waals surface area contributed by atoms with E-state index >= 15 is 0 Å². The summed E-state index contributed by atoms with van der Waals surface area (Å²) in [5.41, 5.74) is 1.96. The maximum Gasteiger partial charge on any atom is 0.436 e. The highest BCUT2D eigenvalue weighted by molar-refractivity contribution is 6.31. The molecular formula is C21H23ClF3N5O2. The number of carbonyl (C=O) groups excluding carboxylic acids is 1. The number of alkyl halides is 3. The molecule has 0 radical (unpaired) electrons. The van der Waals surface area contributed by atoms with Crippen LogP contribution in [0, 0.1) is 20.8 Å². The van der Waals surface area contributed by atoms with Crippen molar-refractivity contribution in [1.29, 1.82) is 0 Å². The number of halogens is 4. The van der Waals surface area contributed by atoms with Crippen molar-refractivity contribution in [2.75, 3.05) is 12.4 Å². The molecule has 2 aromatic heterocycles. The van der Waals surface area contributed by atoms with Gasteiger partial charge >= 0.3 is 6.18 Å². The van der Waals surface area contributed by atoms with Crippen molar-refractivity contribution in [2.24, 2.45) is 0 Å². The molecule has 3 rings (SSSR count). The minimum atomic E-state index is -4.65. The molecule has 3 aromatic rings. The number of hydrogen-bond donors (Lipinski definition) is 1. The van der Waals surface area contributed by atoms with Crippen molar-refractivity contribution in [2.45, 2.75) is 46.5 Å². The number of benzene rings is 1. The Morgan fingerprint density at radius 3 is 2.50 bits per heavy atom. The van der Waals surface area contributed by atoms with Crippen LogP contribution in [-0.4, -0.2) is 32.6 Å². The number of aryl methyl sites for hydroxylation is 2. The van der Waals surface area contributed by atoms with Gasteiger partial charge in [-0.05, 0) is 38.5 Å². The van der Waals surface area contributed by atoms with Gasteiger partial charge in [0, 0.05) is 6.42 Å². The van der Waals surface area contributed by atoms with E-state index in [1.165, 1.54) is 6.92 Å². The third kappa shape index (κ3) is 5.07. The highest BCUT2D eigenvalue weighted by Gasteiger charge is 2.38. The third-order valence-corrected chi connectivity index (χ3v) is 5.52. The summed E-state index contributed by atoms with van der Waals surface area (Å²) >= 11 is 5.75. The van der Waals surface area contributed by atoms with E-state index in [0.717, 1.165) is 21.7 Å². The number of anilines is 1. The Kier molecular flexibility index (Phi) is 6.82. The average Bonchev–Trinajstić information content (AvgIpc) is 3.17. The quantitative estimate of drug-likeness (QED) is 0.541. The van der Waals surface area contributed by atoms with Gasteiger partial charge in [0.15, 0.2) is 5.69 Å². The van der Waals surface area contributed by atoms with Crippen LogP contribution in [0.15, 0.2) is 24.3 Å². The van der Waals surface area contributed by atoms with E-state index in [1.807, 2.05) is 31.2 Å². The van der Waals surface area contributed by atoms with Gasteiger partial charge in [0.05, 0.1) is 48.0 Å². The molecule has 0 aliphatic rings. The van der Waals surface area contributed by atoms with Crippen LogP contribution in [0.4, 0.5) is 18.9 Å². The Labute approximate surface area is 188 Å². The molecule has 0 fully saturated rings. The molecule has 1 aromatic carbocycles. The zero-order valence-corrected chi connectivity index (χ0v) is 18.8. The molecule has 0 saturated carbocycles. The Hall–Kier alpha value is -3.01. The van der Waals surface area contributed by atoms with Gasteiger partial charge in [-0.2, -0.15) is 23.4 Å². The van der Waals surface area contributed by atoms with E-state index in [2.05, 4.69) is 15.5 Å². The Morgan fingerprint density at radius 1 is 1.16 bits per heavy atom. The molecule has 0 aliphatic carbocycles. The smallest absolute Gasteiger partial charge is 0.436 e. The van der Waals surface area contributed by atoms with Gasteiger partial charge in [-0.3, -0.25) is 14.2 Å². The Morgan fingerprint density at radius 2 is 1.88 bits per heavy atom. The second-order valence-corrected chi connectivity index (χ2v) is 7.70. The number of rotatable bonds is 7. The van der Waals surface area contributed by atoms with Crippen molar-refractivity contribution in [3.05, 3.63) is 57.6 Å². The summed E-state index contributed by atoms with van der Waals surface area (Å²) in [6.45, 7) is 5.49. The number of ether oxygens (including phenoxy) is 1. The third-order valence-electron chi connectivity index (χ3n) is 5.07. The number of amides is 1. The topological polar surface area (TPSA) is 74.0 Å². The van der Waals surface area contributed by atoms with Crippen LogP contribution in [0.2, 0.25) is 5.02 Å². The van der Waals surface area contributed by atoms with Crippen LogP contribution >= 0.6 is 11.6 Å². The minimum absolute atomic E-state index is 0.0382. The first kappa shape index (κ1) is 23.6. The fourth-order valence-corrected chi connectivity index (χ4v) is 3.55. The van der Waals surface area contributed by atoms with Gasteiger partial charge in [-0.1, -0.05) is 23.7 Å². The molecule has 0 unspecified atom stereocenters. The van der Waals surface area contributed by atoms with Crippen molar-refractivity contribution in [3.63, 3.8) is 0 Å². The van der Waals surface area contributed by atoms with Gasteiger partial charge in [-0.25, -0.2) is 0 Å². The first-order chi connectivity index (χ1) is 15.0. The predicted octanol–water partition coefficient (Wildman–Crippen LogP) is 4.76. The van der Waals surface area contributed by atoms with Crippen LogP contribution in [0.25, 0.3) is 0 Å². The highest BCUT2D eigenvalue weighted by Crippen LogP contribution is 2.35. The summed E-state index contributed by atoms with van der Waals surface area (Å²) in [4.78, 5) is 12.5. The summed E-state index contributed by atoms with van der Waals surface area (Å²) in [5.74, 6) is 0.372. The van der Waals surface area contributed by atoms with E-state index < -0.39 is 16.9 Å². The number of aromatic nitrogens is 4. The number of hydrogen-bond acceptors (Lipinski definition) is 4. The molecule has 0 aliphatic heterocycles. The second kappa shape index (κ2) is 9.23. The van der Waals surface area contributed by atoms with Crippen molar-refractivity contribution >= 4 is 23.2 Å². The molecule has 0 saturated heterocycles. The molecule has 7 nitrogen and oxygen atoms in total. The minimum Gasteiger partial charge on any atom is -0.497 e. The fraction of sp³-hybridized carbons (Fsp3) is 0.381. The monoisotopic (exact) mass is 469 g/mol. The maximum absolute atomic E-state index is 13.0. The lowest BCUT2D eigenvalue weighted by Crippen LogP contribution is -2.17. The van der Waals surface area contributed by atoms with E-state index in [0.29, 0.717) is 17.9 Å². The van der Waals surface area contributed by atoms with E-state index in [9.17, 15) is 18.0 Å². The van der Waals surface area contributed by atoms with Crippen LogP contribution in [0.3, 0.4) is 0 Å². The molecule has 0 bridgehead atoms. The summed E-state index contributed by atoms with van der Waals surface area (Å²) < 4.78 is 47.0. The molecule has 1 N–H and O–H groups in total. The molecule has 2 heterocycles. The molecule has 0 spiro atoms. The Bertz CT molecular complexity index is 1140. The van der Waals surface area contributed by atoms with Crippen LogP contribution in [-0.2, 0) is 24.1 Å². The van der Waals surface area contributed by atoms with Crippen molar-refractivity contribution < 1.29 is 22.7 Å². The standard InChI is InChI=1S/C21H23ClF3N5O2/c1-12-19(14(3)30(27-12)11-15-6-5-7-16(10-15)32-4)26-17(31)8-9-29-13(2)18(22)20(28-29)21(23,24)25/h5-7,10H,8-9,11H2,1-4H3,(H,26,31). The lowest BCUT2D eigenvalue weighted by molar-refractivity contribution is -0.141. The van der Waals surface area contributed by atoms with E-state index in [-0.39, 0.29) is 24.6 Å². The molecule has 32 heavy (non-hydrogen) atoms. The zero-order valence-electron chi connectivity index (χ0n) is 18.0. The average molecular weight is 470 g/mol. The van der Waals surface area contributed by atoms with Crippen LogP contribution < -0.4 is 10.1 Å². The van der Waals surface area contributed by atoms with Gasteiger partial charge < -0.3 is 10.1 Å². The van der Waals surface area contributed by atoms with Gasteiger partial charge in [0.2, 0.25) is 5.91 Å².